The molecule has 1 fully saturated rings. The fourth-order valence-electron chi connectivity index (χ4n) is 2.48. The number of hydrogen-bond acceptors (Lipinski definition) is 8. The van der Waals surface area contributed by atoms with Crippen LogP contribution in [-0.2, 0) is 16.0 Å². The molecular weight excluding hydrogens is 466 g/mol. The van der Waals surface area contributed by atoms with Gasteiger partial charge in [0.05, 0.1) is 18.2 Å². The van der Waals surface area contributed by atoms with Crippen molar-refractivity contribution in [1.29, 1.82) is 0 Å². The Kier molecular flexibility index (Phi) is 9.16. The number of anilines is 1. The molecular formula is C17H18ClF4N5O5. The summed E-state index contributed by atoms with van der Waals surface area (Å²) in [5, 5.41) is 30.1. The molecule has 0 unspecified atom stereocenters. The Bertz CT molecular complexity index is 934. The van der Waals surface area contributed by atoms with Crippen LogP contribution in [-0.4, -0.2) is 76.4 Å². The number of nitrogens with one attached hydrogen (secondary N) is 1. The molecule has 1 aliphatic heterocycles. The van der Waals surface area contributed by atoms with E-state index in [1.54, 1.807) is 0 Å². The highest BCUT2D eigenvalue weighted by molar-refractivity contribution is 6.31. The van der Waals surface area contributed by atoms with Gasteiger partial charge in [-0.15, -0.1) is 0 Å². The third kappa shape index (κ3) is 7.62. The van der Waals surface area contributed by atoms with Crippen LogP contribution in [0.5, 0.6) is 0 Å². The van der Waals surface area contributed by atoms with E-state index in [0.29, 0.717) is 31.0 Å². The van der Waals surface area contributed by atoms with Gasteiger partial charge in [-0.3, -0.25) is 4.90 Å². The highest BCUT2D eigenvalue weighted by Gasteiger charge is 2.38. The van der Waals surface area contributed by atoms with E-state index >= 15 is 0 Å². The van der Waals surface area contributed by atoms with Crippen molar-refractivity contribution in [1.82, 2.24) is 15.2 Å². The molecule has 2 heterocycles. The minimum atomic E-state index is -5.08. The number of carboxylic acid groups (broad SMARTS) is 1. The largest absolute Gasteiger partial charge is 0.490 e. The maximum Gasteiger partial charge on any atom is 0.490 e. The Morgan fingerprint density at radius 3 is 2.50 bits per heavy atom. The number of morpholine rings is 1. The number of alkyl halides is 3. The number of aliphatic carboxylic acids is 1. The van der Waals surface area contributed by atoms with E-state index in [1.165, 1.54) is 18.2 Å². The summed E-state index contributed by atoms with van der Waals surface area (Å²) in [5.74, 6) is -3.25. The van der Waals surface area contributed by atoms with Crippen molar-refractivity contribution in [3.05, 3.63) is 40.4 Å². The number of oxime groups is 1. The molecule has 0 radical (unpaired) electrons. The van der Waals surface area contributed by atoms with E-state index in [9.17, 15) is 22.8 Å². The lowest BCUT2D eigenvalue weighted by atomic mass is 10.2. The van der Waals surface area contributed by atoms with Crippen LogP contribution in [0.15, 0.2) is 28.0 Å². The second-order valence-electron chi connectivity index (χ2n) is 6.27. The zero-order valence-corrected chi connectivity index (χ0v) is 17.0. The number of aromatic nitrogens is 2. The Morgan fingerprint density at radius 2 is 1.94 bits per heavy atom. The number of carboxylic acids is 1. The number of ether oxygens (including phenoxy) is 1. The monoisotopic (exact) mass is 483 g/mol. The fraction of sp³-hybridized carbons (Fsp3) is 0.412. The minimum absolute atomic E-state index is 0.0425. The quantitative estimate of drug-likeness (QED) is 0.193. The average Bonchev–Trinajstić information content (AvgIpc) is 3.22. The minimum Gasteiger partial charge on any atom is -0.475 e. The van der Waals surface area contributed by atoms with E-state index in [0.717, 1.165) is 19.6 Å². The second kappa shape index (κ2) is 11.6. The van der Waals surface area contributed by atoms with Crippen molar-refractivity contribution in [3.63, 3.8) is 0 Å². The predicted molar refractivity (Wildman–Crippen MR) is 102 cm³/mol. The summed E-state index contributed by atoms with van der Waals surface area (Å²) < 4.78 is 55.1. The SMILES string of the molecule is O=C(O)C(F)(F)F.ON=C(Nc1ccc(F)c(Cl)c1)c1nonc1CCN1CCOCC1. The molecule has 0 bridgehead atoms. The van der Waals surface area contributed by atoms with Gasteiger partial charge in [0.15, 0.2) is 5.69 Å². The van der Waals surface area contributed by atoms with Gasteiger partial charge in [0.25, 0.3) is 0 Å². The molecule has 0 amide bonds. The van der Waals surface area contributed by atoms with Crippen LogP contribution in [0.3, 0.4) is 0 Å². The van der Waals surface area contributed by atoms with Gasteiger partial charge < -0.3 is 20.4 Å². The molecule has 0 aliphatic carbocycles. The Hall–Kier alpha value is -2.97. The summed E-state index contributed by atoms with van der Waals surface area (Å²) in [6.45, 7) is 3.88. The van der Waals surface area contributed by atoms with Gasteiger partial charge in [-0.05, 0) is 23.4 Å². The standard InChI is InChI=1S/C15H17ClFN5O3.C2HF3O2/c16-11-9-10(1-2-12(11)17)18-15(19-23)14-13(20-25-21-14)3-4-22-5-7-24-8-6-22;3-2(4,5)1(6)7/h1-2,9,23H,3-8H2,(H,18,19);(H,6,7). The van der Waals surface area contributed by atoms with E-state index < -0.39 is 18.0 Å². The normalized spacial score (nSPS) is 15.1. The van der Waals surface area contributed by atoms with Crippen molar-refractivity contribution in [2.75, 3.05) is 38.2 Å². The molecule has 176 valence electrons. The molecule has 2 aromatic rings. The summed E-state index contributed by atoms with van der Waals surface area (Å²) in [4.78, 5) is 11.1. The first-order chi connectivity index (χ1) is 15.1. The second-order valence-corrected chi connectivity index (χ2v) is 6.68. The van der Waals surface area contributed by atoms with Crippen LogP contribution >= 0.6 is 11.6 Å². The highest BCUT2D eigenvalue weighted by atomic mass is 35.5. The maximum atomic E-state index is 13.2. The number of carbonyl (C=O) groups is 1. The molecule has 1 aromatic carbocycles. The molecule has 3 N–H and O–H groups in total. The average molecular weight is 484 g/mol. The van der Waals surface area contributed by atoms with Gasteiger partial charge in [0, 0.05) is 31.7 Å². The lowest BCUT2D eigenvalue weighted by Gasteiger charge is -2.26. The molecule has 0 atom stereocenters. The molecule has 1 aliphatic rings. The molecule has 32 heavy (non-hydrogen) atoms. The Morgan fingerprint density at radius 1 is 1.28 bits per heavy atom. The predicted octanol–water partition coefficient (Wildman–Crippen LogP) is 2.62. The lowest BCUT2D eigenvalue weighted by molar-refractivity contribution is -0.192. The first-order valence-electron chi connectivity index (χ1n) is 8.98. The van der Waals surface area contributed by atoms with Crippen LogP contribution < -0.4 is 5.32 Å². The van der Waals surface area contributed by atoms with Crippen LogP contribution in [0.4, 0.5) is 23.2 Å². The van der Waals surface area contributed by atoms with Crippen molar-refractivity contribution in [2.45, 2.75) is 12.6 Å². The third-order valence-electron chi connectivity index (χ3n) is 4.07. The van der Waals surface area contributed by atoms with Crippen LogP contribution in [0.25, 0.3) is 0 Å². The molecule has 0 saturated carbocycles. The summed E-state index contributed by atoms with van der Waals surface area (Å²) in [6, 6.07) is 4.05. The number of halogens is 5. The maximum absolute atomic E-state index is 13.2. The van der Waals surface area contributed by atoms with Crippen molar-refractivity contribution in [2.24, 2.45) is 5.16 Å². The van der Waals surface area contributed by atoms with Crippen LogP contribution in [0.2, 0.25) is 5.02 Å². The molecule has 1 aromatic heterocycles. The highest BCUT2D eigenvalue weighted by Crippen LogP contribution is 2.20. The summed E-state index contributed by atoms with van der Waals surface area (Å²) >= 11 is 5.75. The van der Waals surface area contributed by atoms with Gasteiger partial charge in [0.1, 0.15) is 11.5 Å². The van der Waals surface area contributed by atoms with E-state index in [4.69, 9.17) is 30.9 Å². The molecule has 15 heteroatoms. The first kappa shape index (κ1) is 25.3. The number of hydrogen-bond donors (Lipinski definition) is 3. The number of amidine groups is 1. The van der Waals surface area contributed by atoms with Gasteiger partial charge in [-0.25, -0.2) is 13.8 Å². The van der Waals surface area contributed by atoms with E-state index in [1.807, 2.05) is 0 Å². The zero-order chi connectivity index (χ0) is 23.7. The van der Waals surface area contributed by atoms with Crippen molar-refractivity contribution >= 4 is 29.1 Å². The van der Waals surface area contributed by atoms with Crippen LogP contribution in [0, 0.1) is 5.82 Å². The molecule has 0 spiro atoms. The van der Waals surface area contributed by atoms with Crippen LogP contribution in [0.1, 0.15) is 11.4 Å². The number of rotatable bonds is 5. The van der Waals surface area contributed by atoms with Crippen molar-refractivity contribution < 1.29 is 42.0 Å². The fourth-order valence-corrected chi connectivity index (χ4v) is 2.66. The summed E-state index contributed by atoms with van der Waals surface area (Å²) in [5.41, 5.74) is 1.29. The Labute approximate surface area is 183 Å². The van der Waals surface area contributed by atoms with Gasteiger partial charge in [-0.1, -0.05) is 21.9 Å². The summed E-state index contributed by atoms with van der Waals surface area (Å²) in [6.07, 6.45) is -4.51. The lowest BCUT2D eigenvalue weighted by Crippen LogP contribution is -2.37. The third-order valence-corrected chi connectivity index (χ3v) is 4.36. The number of benzene rings is 1. The van der Waals surface area contributed by atoms with Crippen molar-refractivity contribution in [3.8, 4) is 0 Å². The molecule has 1 saturated heterocycles. The van der Waals surface area contributed by atoms with E-state index in [-0.39, 0.29) is 16.6 Å². The Balaban J connectivity index is 0.000000451. The first-order valence-corrected chi connectivity index (χ1v) is 9.35. The van der Waals surface area contributed by atoms with Gasteiger partial charge in [0.2, 0.25) is 5.84 Å². The van der Waals surface area contributed by atoms with Gasteiger partial charge >= 0.3 is 12.1 Å². The molecule has 10 nitrogen and oxygen atoms in total. The van der Waals surface area contributed by atoms with Gasteiger partial charge in [-0.2, -0.15) is 13.2 Å². The number of nitrogens with zero attached hydrogens (tertiary/aromatic N) is 4. The topological polar surface area (TPSA) is 133 Å². The zero-order valence-electron chi connectivity index (χ0n) is 16.3. The summed E-state index contributed by atoms with van der Waals surface area (Å²) in [7, 11) is 0. The van der Waals surface area contributed by atoms with E-state index in [2.05, 4.69) is 25.7 Å². The molecule has 3 rings (SSSR count). The smallest absolute Gasteiger partial charge is 0.475 e.